The predicted octanol–water partition coefficient (Wildman–Crippen LogP) is 4.73. The van der Waals surface area contributed by atoms with E-state index in [2.05, 4.69) is 11.6 Å². The summed E-state index contributed by atoms with van der Waals surface area (Å²) in [6.45, 7) is 14.3. The van der Waals surface area contributed by atoms with Crippen LogP contribution >= 0.6 is 0 Å². The van der Waals surface area contributed by atoms with Gasteiger partial charge >= 0.3 is 23.9 Å². The topological polar surface area (TPSA) is 144 Å². The molecule has 2 heterocycles. The summed E-state index contributed by atoms with van der Waals surface area (Å²) in [6, 6.07) is 3.19. The van der Waals surface area contributed by atoms with Gasteiger partial charge < -0.3 is 23.7 Å². The molecule has 2 saturated carbocycles. The van der Waals surface area contributed by atoms with Crippen LogP contribution in [-0.4, -0.2) is 70.8 Å². The summed E-state index contributed by atoms with van der Waals surface area (Å²) in [6.07, 6.45) is 4.43. The van der Waals surface area contributed by atoms with Crippen LogP contribution in [0.25, 0.3) is 0 Å². The normalized spacial score (nSPS) is 36.8. The second-order valence-corrected chi connectivity index (χ2v) is 13.7. The van der Waals surface area contributed by atoms with Gasteiger partial charge in [0.15, 0.2) is 5.60 Å². The summed E-state index contributed by atoms with van der Waals surface area (Å²) in [5.74, 6) is -5.77. The summed E-state index contributed by atoms with van der Waals surface area (Å²) < 4.78 is 31.5. The molecule has 11 heteroatoms. The Bertz CT molecular complexity index is 1470. The molecular weight excluding hydrogens is 606 g/mol. The van der Waals surface area contributed by atoms with Gasteiger partial charge in [0.2, 0.25) is 5.78 Å². The molecule has 1 aromatic rings. The molecule has 0 amide bonds. The lowest BCUT2D eigenvalue weighted by molar-refractivity contribution is -0.210. The molecule has 5 unspecified atom stereocenters. The maximum Gasteiger partial charge on any atom is 0.340 e. The van der Waals surface area contributed by atoms with E-state index in [1.165, 1.54) is 19.3 Å². The van der Waals surface area contributed by atoms with Crippen LogP contribution in [0.15, 0.2) is 48.8 Å². The van der Waals surface area contributed by atoms with Crippen LogP contribution in [0.1, 0.15) is 84.0 Å². The fraction of sp³-hybridized carbons (Fsp3) is 0.611. The number of esters is 4. The minimum Gasteiger partial charge on any atom is -0.461 e. The highest BCUT2D eigenvalue weighted by atomic mass is 16.6. The van der Waals surface area contributed by atoms with Gasteiger partial charge in [-0.25, -0.2) is 4.79 Å². The summed E-state index contributed by atoms with van der Waals surface area (Å²) in [4.78, 5) is 72.6. The second kappa shape index (κ2) is 13.0. The maximum atomic E-state index is 15.2. The second-order valence-electron chi connectivity index (χ2n) is 13.7. The standard InChI is InChI=1S/C36H45NO10/c1-8-11-26(39)45-29-21(5)17-36(47-22(6)38)28(29)31(46-27(40)12-9-2)35-19-43-34(7,33(36)42)30(35)24(20(3)4)14-15-25(35)44-32(41)23-13-10-16-37-18-23/h10,13-16,18,21,24-25,28-31H,3,8-9,11-12,17,19H2,1-2,4-7H3/t21-,24?,25+,28?,29-,30?,31+,34?,35?,36+/m0/s1. The van der Waals surface area contributed by atoms with Gasteiger partial charge in [-0.3, -0.25) is 24.2 Å². The van der Waals surface area contributed by atoms with Crippen molar-refractivity contribution in [1.82, 2.24) is 4.98 Å². The van der Waals surface area contributed by atoms with Crippen molar-refractivity contribution in [2.45, 2.75) is 103 Å². The number of ether oxygens (including phenoxy) is 5. The third-order valence-corrected chi connectivity index (χ3v) is 10.4. The van der Waals surface area contributed by atoms with Crippen LogP contribution < -0.4 is 0 Å². The number of carbonyl (C=O) groups is 5. The number of fused-ring (bicyclic) bond motifs is 1. The SMILES string of the molecule is C=C(C)C1C=C[C@@H](OC(=O)c2cccnc2)C23COC(C)(C(=O)[C@@]4(OC(C)=O)C[C@H](C)[C@H](OC(=O)CCC)C4[C@H]2OC(=O)CCC)C13. The Balaban J connectivity index is 1.80. The Kier molecular flexibility index (Phi) is 9.52. The van der Waals surface area contributed by atoms with Crippen LogP contribution in [0.2, 0.25) is 0 Å². The Morgan fingerprint density at radius 1 is 1.04 bits per heavy atom. The van der Waals surface area contributed by atoms with Crippen molar-refractivity contribution >= 4 is 29.7 Å². The van der Waals surface area contributed by atoms with Gasteiger partial charge in [0, 0.05) is 50.4 Å². The lowest BCUT2D eigenvalue weighted by Gasteiger charge is -2.51. The first-order valence-electron chi connectivity index (χ1n) is 16.5. The molecule has 0 spiro atoms. The molecule has 3 fully saturated rings. The highest BCUT2D eigenvalue weighted by molar-refractivity contribution is 5.98. The molecule has 5 rings (SSSR count). The lowest BCUT2D eigenvalue weighted by atomic mass is 9.55. The molecule has 3 aliphatic carbocycles. The van der Waals surface area contributed by atoms with Crippen molar-refractivity contribution in [2.75, 3.05) is 6.61 Å². The Hall–Kier alpha value is -3.86. The zero-order valence-corrected chi connectivity index (χ0v) is 28.0. The summed E-state index contributed by atoms with van der Waals surface area (Å²) in [7, 11) is 0. The van der Waals surface area contributed by atoms with Gasteiger partial charge in [-0.2, -0.15) is 0 Å². The van der Waals surface area contributed by atoms with Crippen LogP contribution in [0.3, 0.4) is 0 Å². The quantitative estimate of drug-likeness (QED) is 0.197. The van der Waals surface area contributed by atoms with Crippen molar-refractivity contribution in [3.63, 3.8) is 0 Å². The number of allylic oxidation sites excluding steroid dienone is 2. The highest BCUT2D eigenvalue weighted by Gasteiger charge is 2.81. The fourth-order valence-electron chi connectivity index (χ4n) is 8.68. The zero-order chi connectivity index (χ0) is 34.3. The fourth-order valence-corrected chi connectivity index (χ4v) is 8.68. The van der Waals surface area contributed by atoms with E-state index in [1.54, 1.807) is 25.1 Å². The highest BCUT2D eigenvalue weighted by Crippen LogP contribution is 2.67. The number of hydrogen-bond acceptors (Lipinski definition) is 11. The lowest BCUT2D eigenvalue weighted by Crippen LogP contribution is -2.62. The van der Waals surface area contributed by atoms with Gasteiger partial charge in [-0.1, -0.05) is 39.0 Å². The van der Waals surface area contributed by atoms with Crippen molar-refractivity contribution in [1.29, 1.82) is 0 Å². The number of Topliss-reactive ketones (excluding diaryl/α,β-unsaturated/α-hetero) is 1. The van der Waals surface area contributed by atoms with Gasteiger partial charge in [-0.05, 0) is 50.8 Å². The van der Waals surface area contributed by atoms with Crippen molar-refractivity contribution < 1.29 is 47.7 Å². The summed E-state index contributed by atoms with van der Waals surface area (Å²) in [5.41, 5.74) is -3.94. The third kappa shape index (κ3) is 5.60. The molecule has 0 N–H and O–H groups in total. The number of rotatable bonds is 10. The monoisotopic (exact) mass is 651 g/mol. The molecule has 10 atom stereocenters. The Labute approximate surface area is 275 Å². The number of aromatic nitrogens is 1. The molecule has 1 aromatic heterocycles. The molecule has 0 radical (unpaired) electrons. The van der Waals surface area contributed by atoms with E-state index >= 15 is 4.79 Å². The molecule has 1 saturated heterocycles. The predicted molar refractivity (Wildman–Crippen MR) is 168 cm³/mol. The average Bonchev–Trinajstić information content (AvgIpc) is 3.47. The van der Waals surface area contributed by atoms with Gasteiger partial charge in [0.05, 0.1) is 23.5 Å². The first-order chi connectivity index (χ1) is 22.3. The van der Waals surface area contributed by atoms with Crippen molar-refractivity contribution in [3.05, 3.63) is 54.4 Å². The maximum absolute atomic E-state index is 15.2. The van der Waals surface area contributed by atoms with E-state index in [9.17, 15) is 19.2 Å². The molecule has 0 aromatic carbocycles. The number of carbonyl (C=O) groups excluding carboxylic acids is 5. The van der Waals surface area contributed by atoms with Gasteiger partial charge in [0.25, 0.3) is 0 Å². The van der Waals surface area contributed by atoms with Crippen LogP contribution in [-0.2, 0) is 42.9 Å². The van der Waals surface area contributed by atoms with Crippen molar-refractivity contribution in [2.24, 2.45) is 29.1 Å². The number of pyridine rings is 1. The summed E-state index contributed by atoms with van der Waals surface area (Å²) in [5, 5.41) is 0. The molecule has 47 heavy (non-hydrogen) atoms. The first-order valence-corrected chi connectivity index (χ1v) is 16.5. The minimum absolute atomic E-state index is 0.00896. The number of ketones is 1. The van der Waals surface area contributed by atoms with E-state index in [4.69, 9.17) is 23.7 Å². The van der Waals surface area contributed by atoms with Crippen LogP contribution in [0.4, 0.5) is 0 Å². The van der Waals surface area contributed by atoms with E-state index in [1.807, 2.05) is 33.8 Å². The average molecular weight is 652 g/mol. The minimum atomic E-state index is -1.88. The third-order valence-electron chi connectivity index (χ3n) is 10.4. The Morgan fingerprint density at radius 3 is 2.32 bits per heavy atom. The van der Waals surface area contributed by atoms with Gasteiger partial charge in [-0.15, -0.1) is 0 Å². The molecule has 1 aliphatic heterocycles. The molecule has 4 aliphatic rings. The number of hydrogen-bond donors (Lipinski definition) is 0. The summed E-state index contributed by atoms with van der Waals surface area (Å²) >= 11 is 0. The number of nitrogens with zero attached hydrogens (tertiary/aromatic N) is 1. The molecule has 11 nitrogen and oxygen atoms in total. The zero-order valence-electron chi connectivity index (χ0n) is 28.0. The first kappa shape index (κ1) is 34.5. The van der Waals surface area contributed by atoms with Crippen LogP contribution in [0, 0.1) is 29.1 Å². The van der Waals surface area contributed by atoms with E-state index in [-0.39, 0.29) is 31.4 Å². The molecular formula is C36H45NO10. The molecule has 2 bridgehead atoms. The Morgan fingerprint density at radius 2 is 1.72 bits per heavy atom. The van der Waals surface area contributed by atoms with E-state index < -0.39 is 88.3 Å². The van der Waals surface area contributed by atoms with Crippen LogP contribution in [0.5, 0.6) is 0 Å². The van der Waals surface area contributed by atoms with E-state index in [0.717, 1.165) is 0 Å². The molecule has 254 valence electrons. The largest absolute Gasteiger partial charge is 0.461 e. The van der Waals surface area contributed by atoms with E-state index in [0.29, 0.717) is 18.4 Å². The smallest absolute Gasteiger partial charge is 0.340 e. The van der Waals surface area contributed by atoms with Crippen molar-refractivity contribution in [3.8, 4) is 0 Å². The van der Waals surface area contributed by atoms with Gasteiger partial charge in [0.1, 0.15) is 23.9 Å².